The van der Waals surface area contributed by atoms with E-state index >= 15 is 0 Å². The smallest absolute Gasteiger partial charge is 0.408 e. The SMILES string of the molecule is CC(C)(C)OC(=O)NC1(C2CCCCN2)CCC1. The molecule has 0 radical (unpaired) electrons. The predicted molar refractivity (Wildman–Crippen MR) is 71.6 cm³/mol. The van der Waals surface area contributed by atoms with Crippen LogP contribution in [0.25, 0.3) is 0 Å². The molecule has 4 heteroatoms. The third kappa shape index (κ3) is 3.16. The topological polar surface area (TPSA) is 50.4 Å². The lowest BCUT2D eigenvalue weighted by atomic mass is 9.69. The van der Waals surface area contributed by atoms with Crippen LogP contribution in [0.2, 0.25) is 0 Å². The second-order valence-electron chi connectivity index (χ2n) is 6.64. The molecule has 1 saturated heterocycles. The molecule has 1 aliphatic carbocycles. The number of carbonyl (C=O) groups is 1. The molecule has 2 aliphatic rings. The van der Waals surface area contributed by atoms with Crippen molar-refractivity contribution in [2.45, 2.75) is 76.5 Å². The van der Waals surface area contributed by atoms with Gasteiger partial charge in [-0.2, -0.15) is 0 Å². The first kappa shape index (κ1) is 13.7. The van der Waals surface area contributed by atoms with Crippen LogP contribution in [-0.4, -0.2) is 29.8 Å². The molecule has 2 rings (SSSR count). The summed E-state index contributed by atoms with van der Waals surface area (Å²) in [5.41, 5.74) is -0.474. The normalized spacial score (nSPS) is 27.2. The molecule has 2 fully saturated rings. The number of alkyl carbamates (subject to hydrolysis) is 1. The predicted octanol–water partition coefficient (Wildman–Crippen LogP) is 2.58. The van der Waals surface area contributed by atoms with Crippen molar-refractivity contribution in [3.05, 3.63) is 0 Å². The largest absolute Gasteiger partial charge is 0.444 e. The minimum absolute atomic E-state index is 0.0528. The minimum atomic E-state index is -0.422. The van der Waals surface area contributed by atoms with Crippen LogP contribution < -0.4 is 10.6 Å². The number of hydrogen-bond acceptors (Lipinski definition) is 3. The van der Waals surface area contributed by atoms with E-state index in [2.05, 4.69) is 10.6 Å². The molecule has 0 aromatic rings. The maximum absolute atomic E-state index is 11.9. The molecular formula is C14H26N2O2. The lowest BCUT2D eigenvalue weighted by Crippen LogP contribution is -2.66. The van der Waals surface area contributed by atoms with E-state index in [0.29, 0.717) is 6.04 Å². The van der Waals surface area contributed by atoms with E-state index in [0.717, 1.165) is 25.8 Å². The molecule has 104 valence electrons. The molecule has 2 N–H and O–H groups in total. The average Bonchev–Trinajstić information content (AvgIpc) is 2.22. The Balaban J connectivity index is 1.93. The lowest BCUT2D eigenvalue weighted by molar-refractivity contribution is 0.0293. The Hall–Kier alpha value is -0.770. The summed E-state index contributed by atoms with van der Waals surface area (Å²) in [6.45, 7) is 6.78. The van der Waals surface area contributed by atoms with Crippen molar-refractivity contribution in [1.82, 2.24) is 10.6 Å². The number of piperidine rings is 1. The van der Waals surface area contributed by atoms with Crippen molar-refractivity contribution >= 4 is 6.09 Å². The summed E-state index contributed by atoms with van der Waals surface area (Å²) in [4.78, 5) is 11.9. The van der Waals surface area contributed by atoms with Crippen LogP contribution in [0.3, 0.4) is 0 Å². The maximum atomic E-state index is 11.9. The third-order valence-corrected chi connectivity index (χ3v) is 3.97. The van der Waals surface area contributed by atoms with Crippen LogP contribution in [0.15, 0.2) is 0 Å². The van der Waals surface area contributed by atoms with E-state index in [-0.39, 0.29) is 11.6 Å². The van der Waals surface area contributed by atoms with E-state index < -0.39 is 5.60 Å². The number of rotatable bonds is 2. The van der Waals surface area contributed by atoms with Gasteiger partial charge in [0.2, 0.25) is 0 Å². The molecule has 0 bridgehead atoms. The van der Waals surface area contributed by atoms with Crippen molar-refractivity contribution in [1.29, 1.82) is 0 Å². The van der Waals surface area contributed by atoms with Gasteiger partial charge in [0.05, 0.1) is 5.54 Å². The zero-order valence-electron chi connectivity index (χ0n) is 11.8. The zero-order chi connectivity index (χ0) is 13.2. The fraction of sp³-hybridized carbons (Fsp3) is 0.929. The van der Waals surface area contributed by atoms with Gasteiger partial charge in [-0.25, -0.2) is 4.79 Å². The summed E-state index contributed by atoms with van der Waals surface area (Å²) in [7, 11) is 0. The number of nitrogens with one attached hydrogen (secondary N) is 2. The van der Waals surface area contributed by atoms with E-state index in [9.17, 15) is 4.79 Å². The van der Waals surface area contributed by atoms with Gasteiger partial charge in [-0.15, -0.1) is 0 Å². The van der Waals surface area contributed by atoms with Gasteiger partial charge in [-0.05, 0) is 59.4 Å². The maximum Gasteiger partial charge on any atom is 0.408 e. The van der Waals surface area contributed by atoms with Gasteiger partial charge < -0.3 is 15.4 Å². The van der Waals surface area contributed by atoms with E-state index in [1.165, 1.54) is 19.3 Å². The van der Waals surface area contributed by atoms with Crippen LogP contribution in [0.5, 0.6) is 0 Å². The number of carbonyl (C=O) groups excluding carboxylic acids is 1. The van der Waals surface area contributed by atoms with Gasteiger partial charge in [0.1, 0.15) is 5.60 Å². The van der Waals surface area contributed by atoms with Crippen LogP contribution in [0.1, 0.15) is 59.3 Å². The first-order valence-electron chi connectivity index (χ1n) is 7.16. The molecule has 0 aromatic carbocycles. The summed E-state index contributed by atoms with van der Waals surface area (Å²) in [5, 5.41) is 6.69. The highest BCUT2D eigenvalue weighted by Crippen LogP contribution is 2.38. The van der Waals surface area contributed by atoms with Gasteiger partial charge in [0.25, 0.3) is 0 Å². The molecule has 4 nitrogen and oxygen atoms in total. The number of amides is 1. The third-order valence-electron chi connectivity index (χ3n) is 3.97. The van der Waals surface area contributed by atoms with Crippen LogP contribution in [-0.2, 0) is 4.74 Å². The molecule has 0 aromatic heterocycles. The molecule has 1 amide bonds. The minimum Gasteiger partial charge on any atom is -0.444 e. The highest BCUT2D eigenvalue weighted by molar-refractivity contribution is 5.69. The van der Waals surface area contributed by atoms with Crippen molar-refractivity contribution < 1.29 is 9.53 Å². The second-order valence-corrected chi connectivity index (χ2v) is 6.64. The molecule has 1 unspecified atom stereocenters. The highest BCUT2D eigenvalue weighted by atomic mass is 16.6. The Labute approximate surface area is 110 Å². The van der Waals surface area contributed by atoms with Crippen LogP contribution in [0, 0.1) is 0 Å². The number of ether oxygens (including phenoxy) is 1. The molecule has 1 heterocycles. The molecular weight excluding hydrogens is 228 g/mol. The molecule has 1 aliphatic heterocycles. The zero-order valence-corrected chi connectivity index (χ0v) is 11.8. The highest BCUT2D eigenvalue weighted by Gasteiger charge is 2.46. The van der Waals surface area contributed by atoms with Gasteiger partial charge in [-0.1, -0.05) is 6.42 Å². The fourth-order valence-corrected chi connectivity index (χ4v) is 2.95. The Bertz CT molecular complexity index is 299. The van der Waals surface area contributed by atoms with Crippen molar-refractivity contribution in [2.24, 2.45) is 0 Å². The Morgan fingerprint density at radius 3 is 2.44 bits per heavy atom. The van der Waals surface area contributed by atoms with Gasteiger partial charge in [0.15, 0.2) is 0 Å². The first-order valence-corrected chi connectivity index (χ1v) is 7.16. The monoisotopic (exact) mass is 254 g/mol. The van der Waals surface area contributed by atoms with Crippen molar-refractivity contribution in [2.75, 3.05) is 6.54 Å². The number of hydrogen-bond donors (Lipinski definition) is 2. The van der Waals surface area contributed by atoms with Gasteiger partial charge in [0, 0.05) is 6.04 Å². The average molecular weight is 254 g/mol. The summed E-state index contributed by atoms with van der Waals surface area (Å²) in [5.74, 6) is 0. The Morgan fingerprint density at radius 2 is 2.00 bits per heavy atom. The summed E-state index contributed by atoms with van der Waals surface area (Å²) < 4.78 is 5.38. The fourth-order valence-electron chi connectivity index (χ4n) is 2.95. The van der Waals surface area contributed by atoms with Crippen LogP contribution in [0.4, 0.5) is 4.79 Å². The second kappa shape index (κ2) is 5.08. The molecule has 1 saturated carbocycles. The molecule has 1 atom stereocenters. The van der Waals surface area contributed by atoms with Gasteiger partial charge in [-0.3, -0.25) is 0 Å². The van der Waals surface area contributed by atoms with E-state index in [1.807, 2.05) is 20.8 Å². The quantitative estimate of drug-likeness (QED) is 0.796. The van der Waals surface area contributed by atoms with Crippen molar-refractivity contribution in [3.63, 3.8) is 0 Å². The summed E-state index contributed by atoms with van der Waals surface area (Å²) in [6, 6.07) is 0.424. The van der Waals surface area contributed by atoms with Crippen molar-refractivity contribution in [3.8, 4) is 0 Å². The summed E-state index contributed by atoms with van der Waals surface area (Å²) in [6.07, 6.45) is 6.75. The Morgan fingerprint density at radius 1 is 1.28 bits per heavy atom. The lowest BCUT2D eigenvalue weighted by Gasteiger charge is -2.49. The molecule has 0 spiro atoms. The summed E-state index contributed by atoms with van der Waals surface area (Å²) >= 11 is 0. The first-order chi connectivity index (χ1) is 8.41. The van der Waals surface area contributed by atoms with E-state index in [1.54, 1.807) is 0 Å². The van der Waals surface area contributed by atoms with Crippen LogP contribution >= 0.6 is 0 Å². The van der Waals surface area contributed by atoms with E-state index in [4.69, 9.17) is 4.74 Å². The standard InChI is InChI=1S/C14H26N2O2/c1-13(2,3)18-12(17)16-14(8-6-9-14)11-7-4-5-10-15-11/h11,15H,4-10H2,1-3H3,(H,16,17). The Kier molecular flexibility index (Phi) is 3.85. The molecule has 18 heavy (non-hydrogen) atoms. The van der Waals surface area contributed by atoms with Gasteiger partial charge >= 0.3 is 6.09 Å².